The maximum Gasteiger partial charge on any atom is 0.169 e. The topological polar surface area (TPSA) is 41.6 Å². The summed E-state index contributed by atoms with van der Waals surface area (Å²) in [6.45, 7) is 2.04. The summed E-state index contributed by atoms with van der Waals surface area (Å²) in [5.74, 6) is 0. The standard InChI is InChI=1S/C5H5N3S/c1-3-4-2-6-7-5(4)8-9-3/h2H,1H3,(H,7,8). The number of hydrogen-bond donors (Lipinski definition) is 1. The number of H-pyrrole nitrogens is 1. The van der Waals surface area contributed by atoms with E-state index in [4.69, 9.17) is 0 Å². The quantitative estimate of drug-likeness (QED) is 0.598. The van der Waals surface area contributed by atoms with E-state index in [1.54, 1.807) is 6.20 Å². The van der Waals surface area contributed by atoms with Gasteiger partial charge in [0.05, 0.1) is 11.6 Å². The highest BCUT2D eigenvalue weighted by Gasteiger charge is 2.00. The fraction of sp³-hybridized carbons (Fsp3) is 0.200. The summed E-state index contributed by atoms with van der Waals surface area (Å²) in [7, 11) is 0. The number of hydrogen-bond acceptors (Lipinski definition) is 3. The molecule has 9 heavy (non-hydrogen) atoms. The summed E-state index contributed by atoms with van der Waals surface area (Å²) in [4.78, 5) is 1.22. The van der Waals surface area contributed by atoms with Gasteiger partial charge in [0.15, 0.2) is 5.65 Å². The van der Waals surface area contributed by atoms with Crippen LogP contribution < -0.4 is 0 Å². The SMILES string of the molecule is Cc1snc2[nH]ncc12. The third-order valence-corrected chi connectivity index (χ3v) is 2.04. The summed E-state index contributed by atoms with van der Waals surface area (Å²) in [5, 5.41) is 7.77. The molecule has 3 nitrogen and oxygen atoms in total. The van der Waals surface area contributed by atoms with Crippen LogP contribution in [0, 0.1) is 6.92 Å². The van der Waals surface area contributed by atoms with Crippen LogP contribution in [0.2, 0.25) is 0 Å². The van der Waals surface area contributed by atoms with Gasteiger partial charge in [0.2, 0.25) is 0 Å². The van der Waals surface area contributed by atoms with Crippen LogP contribution >= 0.6 is 11.5 Å². The summed E-state index contributed by atoms with van der Waals surface area (Å²) in [6.07, 6.45) is 1.80. The van der Waals surface area contributed by atoms with E-state index < -0.39 is 0 Å². The Labute approximate surface area is 55.9 Å². The zero-order chi connectivity index (χ0) is 6.27. The smallest absolute Gasteiger partial charge is 0.169 e. The third kappa shape index (κ3) is 0.564. The summed E-state index contributed by atoms with van der Waals surface area (Å²) in [5.41, 5.74) is 0.900. The van der Waals surface area contributed by atoms with E-state index in [0.29, 0.717) is 0 Å². The predicted octanol–water partition coefficient (Wildman–Crippen LogP) is 1.33. The van der Waals surface area contributed by atoms with Crippen molar-refractivity contribution in [2.24, 2.45) is 0 Å². The second-order valence-electron chi connectivity index (χ2n) is 1.87. The molecule has 2 heterocycles. The average molecular weight is 139 g/mol. The van der Waals surface area contributed by atoms with Crippen molar-refractivity contribution >= 4 is 22.6 Å². The van der Waals surface area contributed by atoms with Crippen LogP contribution in [0.15, 0.2) is 6.20 Å². The Balaban J connectivity index is 2.99. The van der Waals surface area contributed by atoms with Crippen molar-refractivity contribution in [1.82, 2.24) is 14.6 Å². The molecule has 2 rings (SSSR count). The Hall–Kier alpha value is -0.900. The Bertz CT molecular complexity index is 321. The lowest BCUT2D eigenvalue weighted by molar-refractivity contribution is 1.11. The zero-order valence-electron chi connectivity index (χ0n) is 4.88. The van der Waals surface area contributed by atoms with E-state index >= 15 is 0 Å². The minimum atomic E-state index is 0.900. The molecule has 0 radical (unpaired) electrons. The summed E-state index contributed by atoms with van der Waals surface area (Å²) >= 11 is 1.50. The van der Waals surface area contributed by atoms with Crippen LogP contribution in [0.3, 0.4) is 0 Å². The molecule has 0 aliphatic rings. The van der Waals surface area contributed by atoms with Crippen LogP contribution in [-0.4, -0.2) is 14.6 Å². The summed E-state index contributed by atoms with van der Waals surface area (Å²) in [6, 6.07) is 0. The number of aryl methyl sites for hydroxylation is 1. The molecule has 4 heteroatoms. The predicted molar refractivity (Wildman–Crippen MR) is 36.5 cm³/mol. The van der Waals surface area contributed by atoms with E-state index in [1.165, 1.54) is 16.4 Å². The highest BCUT2D eigenvalue weighted by Crippen LogP contribution is 2.17. The van der Waals surface area contributed by atoms with E-state index in [-0.39, 0.29) is 0 Å². The first-order valence-electron chi connectivity index (χ1n) is 2.63. The van der Waals surface area contributed by atoms with Crippen molar-refractivity contribution in [1.29, 1.82) is 0 Å². The first kappa shape index (κ1) is 4.93. The molecule has 0 bridgehead atoms. The molecule has 0 aliphatic heterocycles. The lowest BCUT2D eigenvalue weighted by Crippen LogP contribution is -1.62. The molecule has 0 unspecified atom stereocenters. The van der Waals surface area contributed by atoms with Crippen LogP contribution in [0.4, 0.5) is 0 Å². The molecular formula is C5H5N3S. The fourth-order valence-corrected chi connectivity index (χ4v) is 1.38. The number of nitrogens with one attached hydrogen (secondary N) is 1. The second-order valence-corrected chi connectivity index (χ2v) is 2.85. The molecule has 0 saturated carbocycles. The lowest BCUT2D eigenvalue weighted by Gasteiger charge is -1.71. The van der Waals surface area contributed by atoms with Crippen LogP contribution in [0.5, 0.6) is 0 Å². The molecular weight excluding hydrogens is 134 g/mol. The largest absolute Gasteiger partial charge is 0.260 e. The molecule has 0 spiro atoms. The molecule has 46 valence electrons. The van der Waals surface area contributed by atoms with Crippen molar-refractivity contribution in [3.63, 3.8) is 0 Å². The first-order valence-corrected chi connectivity index (χ1v) is 3.40. The molecule has 2 aromatic rings. The Morgan fingerprint density at radius 2 is 2.56 bits per heavy atom. The first-order chi connectivity index (χ1) is 4.38. The van der Waals surface area contributed by atoms with Gasteiger partial charge in [0.25, 0.3) is 0 Å². The van der Waals surface area contributed by atoms with Gasteiger partial charge >= 0.3 is 0 Å². The molecule has 1 N–H and O–H groups in total. The van der Waals surface area contributed by atoms with Gasteiger partial charge in [0.1, 0.15) is 0 Å². The van der Waals surface area contributed by atoms with Crippen molar-refractivity contribution in [3.05, 3.63) is 11.1 Å². The van der Waals surface area contributed by atoms with Gasteiger partial charge in [-0.3, -0.25) is 5.10 Å². The molecule has 2 aromatic heterocycles. The van der Waals surface area contributed by atoms with E-state index in [2.05, 4.69) is 14.6 Å². The molecule has 0 saturated heterocycles. The van der Waals surface area contributed by atoms with Gasteiger partial charge in [-0.1, -0.05) is 0 Å². The Morgan fingerprint density at radius 1 is 1.67 bits per heavy atom. The highest BCUT2D eigenvalue weighted by atomic mass is 32.1. The minimum Gasteiger partial charge on any atom is -0.260 e. The van der Waals surface area contributed by atoms with E-state index in [9.17, 15) is 0 Å². The maximum atomic E-state index is 4.10. The lowest BCUT2D eigenvalue weighted by atomic mass is 10.4. The van der Waals surface area contributed by atoms with Gasteiger partial charge < -0.3 is 0 Å². The molecule has 0 aliphatic carbocycles. The van der Waals surface area contributed by atoms with Gasteiger partial charge in [-0.15, -0.1) is 0 Å². The van der Waals surface area contributed by atoms with Gasteiger partial charge in [-0.05, 0) is 18.5 Å². The molecule has 0 fully saturated rings. The Kier molecular flexibility index (Phi) is 0.843. The average Bonchev–Trinajstić information content (AvgIpc) is 2.35. The zero-order valence-corrected chi connectivity index (χ0v) is 5.70. The number of rotatable bonds is 0. The van der Waals surface area contributed by atoms with E-state index in [1.807, 2.05) is 6.92 Å². The van der Waals surface area contributed by atoms with Crippen LogP contribution in [0.1, 0.15) is 4.88 Å². The van der Waals surface area contributed by atoms with Crippen molar-refractivity contribution in [2.75, 3.05) is 0 Å². The molecule has 0 amide bonds. The van der Waals surface area contributed by atoms with Crippen molar-refractivity contribution < 1.29 is 0 Å². The highest BCUT2D eigenvalue weighted by molar-refractivity contribution is 7.07. The molecule has 0 atom stereocenters. The minimum absolute atomic E-state index is 0.900. The third-order valence-electron chi connectivity index (χ3n) is 1.27. The normalized spacial score (nSPS) is 10.8. The molecule has 0 aromatic carbocycles. The van der Waals surface area contributed by atoms with Crippen molar-refractivity contribution in [2.45, 2.75) is 6.92 Å². The van der Waals surface area contributed by atoms with Crippen molar-refractivity contribution in [3.8, 4) is 0 Å². The monoisotopic (exact) mass is 139 g/mol. The number of fused-ring (bicyclic) bond motifs is 1. The van der Waals surface area contributed by atoms with Gasteiger partial charge in [-0.2, -0.15) is 9.47 Å². The number of nitrogens with zero attached hydrogens (tertiary/aromatic N) is 2. The number of aromatic amines is 1. The van der Waals surface area contributed by atoms with Crippen LogP contribution in [0.25, 0.3) is 11.0 Å². The fourth-order valence-electron chi connectivity index (χ4n) is 0.770. The second kappa shape index (κ2) is 1.54. The summed E-state index contributed by atoms with van der Waals surface area (Å²) < 4.78 is 4.10. The van der Waals surface area contributed by atoms with Gasteiger partial charge in [-0.25, -0.2) is 0 Å². The van der Waals surface area contributed by atoms with Gasteiger partial charge in [0, 0.05) is 4.88 Å². The van der Waals surface area contributed by atoms with E-state index in [0.717, 1.165) is 11.0 Å². The maximum absolute atomic E-state index is 4.10. The Morgan fingerprint density at radius 3 is 3.33 bits per heavy atom. The number of aromatic nitrogens is 3. The van der Waals surface area contributed by atoms with Crippen LogP contribution in [-0.2, 0) is 0 Å².